The average molecular weight is 284 g/mol. The third kappa shape index (κ3) is 4.09. The Morgan fingerprint density at radius 1 is 1.45 bits per heavy atom. The van der Waals surface area contributed by atoms with Gasteiger partial charge >= 0.3 is 5.97 Å². The van der Waals surface area contributed by atoms with E-state index in [1.165, 1.54) is 31.3 Å². The number of anilines is 1. The van der Waals surface area contributed by atoms with Crippen molar-refractivity contribution in [3.8, 4) is 5.75 Å². The average Bonchev–Trinajstić information content (AvgIpc) is 2.42. The Labute approximate surface area is 115 Å². The molecule has 0 heterocycles. The van der Waals surface area contributed by atoms with Crippen molar-refractivity contribution in [2.45, 2.75) is 0 Å². The SMILES string of the molecule is COCCN(CC(=O)O)c1ccc(OC)cc1[N+](=O)[O-]. The molecule has 0 amide bonds. The van der Waals surface area contributed by atoms with Gasteiger partial charge in [0.15, 0.2) is 0 Å². The maximum absolute atomic E-state index is 11.1. The van der Waals surface area contributed by atoms with E-state index in [0.29, 0.717) is 5.75 Å². The van der Waals surface area contributed by atoms with Gasteiger partial charge in [-0.3, -0.25) is 14.9 Å². The summed E-state index contributed by atoms with van der Waals surface area (Å²) in [7, 11) is 2.88. The van der Waals surface area contributed by atoms with Crippen molar-refractivity contribution in [3.63, 3.8) is 0 Å². The molecule has 1 aromatic rings. The zero-order chi connectivity index (χ0) is 15.1. The summed E-state index contributed by atoms with van der Waals surface area (Å²) in [5, 5.41) is 20.0. The van der Waals surface area contributed by atoms with Gasteiger partial charge in [-0.25, -0.2) is 0 Å². The van der Waals surface area contributed by atoms with Crippen molar-refractivity contribution in [2.75, 3.05) is 38.8 Å². The van der Waals surface area contributed by atoms with Crippen LogP contribution >= 0.6 is 0 Å². The smallest absolute Gasteiger partial charge is 0.323 e. The molecule has 0 spiro atoms. The monoisotopic (exact) mass is 284 g/mol. The number of ether oxygens (including phenoxy) is 2. The van der Waals surface area contributed by atoms with Gasteiger partial charge in [0.25, 0.3) is 5.69 Å². The fourth-order valence-electron chi connectivity index (χ4n) is 1.69. The lowest BCUT2D eigenvalue weighted by Gasteiger charge is -2.22. The molecule has 110 valence electrons. The maximum atomic E-state index is 11.1. The zero-order valence-corrected chi connectivity index (χ0v) is 11.2. The van der Waals surface area contributed by atoms with Crippen molar-refractivity contribution in [3.05, 3.63) is 28.3 Å². The minimum Gasteiger partial charge on any atom is -0.496 e. The van der Waals surface area contributed by atoms with Crippen molar-refractivity contribution in [1.82, 2.24) is 0 Å². The van der Waals surface area contributed by atoms with Gasteiger partial charge in [-0.1, -0.05) is 0 Å². The number of nitro benzene ring substituents is 1. The molecule has 0 aromatic heterocycles. The predicted octanol–water partition coefficient (Wildman–Crippen LogP) is 1.14. The van der Waals surface area contributed by atoms with E-state index in [1.807, 2.05) is 0 Å². The summed E-state index contributed by atoms with van der Waals surface area (Å²) >= 11 is 0. The van der Waals surface area contributed by atoms with Gasteiger partial charge in [-0.2, -0.15) is 0 Å². The third-order valence-electron chi connectivity index (χ3n) is 2.61. The molecule has 20 heavy (non-hydrogen) atoms. The number of benzene rings is 1. The second kappa shape index (κ2) is 7.29. The molecule has 0 bridgehead atoms. The summed E-state index contributed by atoms with van der Waals surface area (Å²) in [5.74, 6) is -0.742. The molecular formula is C12H16N2O6. The van der Waals surface area contributed by atoms with Crippen molar-refractivity contribution < 1.29 is 24.3 Å². The van der Waals surface area contributed by atoms with E-state index >= 15 is 0 Å². The zero-order valence-electron chi connectivity index (χ0n) is 11.2. The second-order valence-electron chi connectivity index (χ2n) is 3.92. The lowest BCUT2D eigenvalue weighted by atomic mass is 10.2. The molecule has 1 rings (SSSR count). The summed E-state index contributed by atoms with van der Waals surface area (Å²) in [6.45, 7) is 0.142. The van der Waals surface area contributed by atoms with Crippen LogP contribution in [0, 0.1) is 10.1 Å². The Balaban J connectivity index is 3.16. The number of aliphatic carboxylic acids is 1. The van der Waals surface area contributed by atoms with E-state index in [2.05, 4.69) is 0 Å². The summed E-state index contributed by atoms with van der Waals surface area (Å²) in [6.07, 6.45) is 0. The molecule has 8 heteroatoms. The number of rotatable bonds is 8. The minimum atomic E-state index is -1.08. The Hall–Kier alpha value is -2.35. The first-order chi connectivity index (χ1) is 9.49. The standard InChI is InChI=1S/C12H16N2O6/c1-19-6-5-13(8-12(15)16)10-4-3-9(20-2)7-11(10)14(17)18/h3-4,7H,5-6,8H2,1-2H3,(H,15,16). The van der Waals surface area contributed by atoms with E-state index in [9.17, 15) is 14.9 Å². The largest absolute Gasteiger partial charge is 0.496 e. The van der Waals surface area contributed by atoms with E-state index in [-0.39, 0.29) is 31.1 Å². The van der Waals surface area contributed by atoms with Gasteiger partial charge in [0, 0.05) is 13.7 Å². The summed E-state index contributed by atoms with van der Waals surface area (Å²) < 4.78 is 9.83. The fraction of sp³-hybridized carbons (Fsp3) is 0.417. The third-order valence-corrected chi connectivity index (χ3v) is 2.61. The van der Waals surface area contributed by atoms with Gasteiger partial charge < -0.3 is 19.5 Å². The van der Waals surface area contributed by atoms with Crippen molar-refractivity contribution in [2.24, 2.45) is 0 Å². The van der Waals surface area contributed by atoms with Crippen LogP contribution in [-0.4, -0.2) is 49.9 Å². The van der Waals surface area contributed by atoms with Crippen LogP contribution in [0.2, 0.25) is 0 Å². The van der Waals surface area contributed by atoms with Gasteiger partial charge in [0.1, 0.15) is 18.0 Å². The molecule has 0 saturated carbocycles. The number of hydrogen-bond acceptors (Lipinski definition) is 6. The normalized spacial score (nSPS) is 10.1. The molecule has 1 N–H and O–H groups in total. The van der Waals surface area contributed by atoms with Crippen LogP contribution in [0.4, 0.5) is 11.4 Å². The molecule has 0 saturated heterocycles. The van der Waals surface area contributed by atoms with E-state index in [0.717, 1.165) is 0 Å². The number of carboxylic acid groups (broad SMARTS) is 1. The lowest BCUT2D eigenvalue weighted by Crippen LogP contribution is -2.33. The number of methoxy groups -OCH3 is 2. The predicted molar refractivity (Wildman–Crippen MR) is 71.4 cm³/mol. The Kier molecular flexibility index (Phi) is 5.73. The fourth-order valence-corrected chi connectivity index (χ4v) is 1.69. The number of hydrogen-bond donors (Lipinski definition) is 1. The number of nitro groups is 1. The van der Waals surface area contributed by atoms with Gasteiger partial charge in [-0.15, -0.1) is 0 Å². The molecule has 0 aliphatic rings. The van der Waals surface area contributed by atoms with Crippen LogP contribution in [0.1, 0.15) is 0 Å². The minimum absolute atomic E-state index is 0.207. The molecule has 0 radical (unpaired) electrons. The molecule has 0 aliphatic heterocycles. The highest BCUT2D eigenvalue weighted by Crippen LogP contribution is 2.31. The summed E-state index contributed by atoms with van der Waals surface area (Å²) in [5.41, 5.74) is 0.0111. The Bertz CT molecular complexity index is 491. The Morgan fingerprint density at radius 3 is 2.65 bits per heavy atom. The van der Waals surface area contributed by atoms with E-state index in [4.69, 9.17) is 14.6 Å². The molecule has 8 nitrogen and oxygen atoms in total. The molecular weight excluding hydrogens is 268 g/mol. The van der Waals surface area contributed by atoms with Crippen LogP contribution in [0.15, 0.2) is 18.2 Å². The second-order valence-corrected chi connectivity index (χ2v) is 3.92. The van der Waals surface area contributed by atoms with E-state index in [1.54, 1.807) is 6.07 Å². The van der Waals surface area contributed by atoms with Crippen LogP contribution in [-0.2, 0) is 9.53 Å². The number of nitrogens with zero attached hydrogens (tertiary/aromatic N) is 2. The first kappa shape index (κ1) is 15.7. The number of carboxylic acids is 1. The maximum Gasteiger partial charge on any atom is 0.323 e. The first-order valence-electron chi connectivity index (χ1n) is 5.77. The molecule has 0 atom stereocenters. The first-order valence-corrected chi connectivity index (χ1v) is 5.77. The topological polar surface area (TPSA) is 102 Å². The van der Waals surface area contributed by atoms with Crippen LogP contribution in [0.25, 0.3) is 0 Å². The molecule has 0 aliphatic carbocycles. The van der Waals surface area contributed by atoms with E-state index < -0.39 is 10.9 Å². The van der Waals surface area contributed by atoms with Crippen LogP contribution in [0.3, 0.4) is 0 Å². The molecule has 0 unspecified atom stereocenters. The van der Waals surface area contributed by atoms with Crippen LogP contribution in [0.5, 0.6) is 5.75 Å². The van der Waals surface area contributed by atoms with Gasteiger partial charge in [-0.05, 0) is 12.1 Å². The highest BCUT2D eigenvalue weighted by atomic mass is 16.6. The highest BCUT2D eigenvalue weighted by molar-refractivity contribution is 5.76. The van der Waals surface area contributed by atoms with Crippen molar-refractivity contribution in [1.29, 1.82) is 0 Å². The van der Waals surface area contributed by atoms with Gasteiger partial charge in [0.05, 0.1) is 24.7 Å². The van der Waals surface area contributed by atoms with Crippen molar-refractivity contribution >= 4 is 17.3 Å². The summed E-state index contributed by atoms with van der Waals surface area (Å²) in [4.78, 5) is 22.8. The highest BCUT2D eigenvalue weighted by Gasteiger charge is 2.22. The number of carbonyl (C=O) groups is 1. The van der Waals surface area contributed by atoms with Gasteiger partial charge in [0.2, 0.25) is 0 Å². The quantitative estimate of drug-likeness (QED) is 0.564. The lowest BCUT2D eigenvalue weighted by molar-refractivity contribution is -0.384. The Morgan fingerprint density at radius 2 is 2.15 bits per heavy atom. The molecule has 0 fully saturated rings. The molecule has 1 aromatic carbocycles. The summed E-state index contributed by atoms with van der Waals surface area (Å²) in [6, 6.07) is 4.27. The van der Waals surface area contributed by atoms with Crippen LogP contribution < -0.4 is 9.64 Å².